The topological polar surface area (TPSA) is 49.3 Å². The number of benzene rings is 1. The normalized spacial score (nSPS) is 12.2. The minimum Gasteiger partial charge on any atom is -0.393 e. The van der Waals surface area contributed by atoms with Crippen molar-refractivity contribution in [2.45, 2.75) is 32.8 Å². The van der Waals surface area contributed by atoms with Gasteiger partial charge in [-0.25, -0.2) is 0 Å². The van der Waals surface area contributed by atoms with Gasteiger partial charge in [-0.3, -0.25) is 4.79 Å². The number of carbonyl (C=O) groups excluding carboxylic acids is 1. The molecule has 0 aliphatic rings. The lowest BCUT2D eigenvalue weighted by atomic mass is 10.1. The molecule has 1 rings (SSSR count). The van der Waals surface area contributed by atoms with E-state index in [1.165, 1.54) is 0 Å². The van der Waals surface area contributed by atoms with Crippen LogP contribution in [-0.4, -0.2) is 23.7 Å². The molecule has 2 N–H and O–H groups in total. The second-order valence-electron chi connectivity index (χ2n) is 3.92. The molecule has 0 aromatic heterocycles. The van der Waals surface area contributed by atoms with Crippen molar-refractivity contribution in [2.75, 3.05) is 6.54 Å². The Morgan fingerprint density at radius 1 is 1.44 bits per heavy atom. The summed E-state index contributed by atoms with van der Waals surface area (Å²) in [5.74, 6) is -0.0681. The Hall–Kier alpha value is -1.35. The van der Waals surface area contributed by atoms with E-state index in [1.807, 2.05) is 32.0 Å². The Balaban J connectivity index is 2.44. The standard InChI is InChI=1S/C13H19NO2/c1-3-11(15)8-9-14-13(16)12-7-5-4-6-10(12)2/h4-7,11,15H,3,8-9H2,1-2H3,(H,14,16). The molecule has 0 fully saturated rings. The zero-order valence-electron chi connectivity index (χ0n) is 9.86. The van der Waals surface area contributed by atoms with Gasteiger partial charge in [-0.15, -0.1) is 0 Å². The van der Waals surface area contributed by atoms with E-state index in [0.717, 1.165) is 12.0 Å². The second kappa shape index (κ2) is 6.28. The molecule has 16 heavy (non-hydrogen) atoms. The number of carbonyl (C=O) groups is 1. The highest BCUT2D eigenvalue weighted by Crippen LogP contribution is 2.06. The molecule has 0 aliphatic carbocycles. The van der Waals surface area contributed by atoms with Crippen molar-refractivity contribution in [3.8, 4) is 0 Å². The van der Waals surface area contributed by atoms with Gasteiger partial charge >= 0.3 is 0 Å². The molecule has 0 saturated carbocycles. The SMILES string of the molecule is CCC(O)CCNC(=O)c1ccccc1C. The number of amides is 1. The summed E-state index contributed by atoms with van der Waals surface area (Å²) in [5.41, 5.74) is 1.67. The lowest BCUT2D eigenvalue weighted by Gasteiger charge is -2.09. The van der Waals surface area contributed by atoms with Crippen molar-refractivity contribution < 1.29 is 9.90 Å². The minimum atomic E-state index is -0.322. The van der Waals surface area contributed by atoms with Crippen LogP contribution in [0.1, 0.15) is 35.7 Å². The first-order chi connectivity index (χ1) is 7.65. The van der Waals surface area contributed by atoms with Crippen LogP contribution in [0.2, 0.25) is 0 Å². The summed E-state index contributed by atoms with van der Waals surface area (Å²) >= 11 is 0. The van der Waals surface area contributed by atoms with Gasteiger partial charge in [-0.1, -0.05) is 25.1 Å². The first-order valence-corrected chi connectivity index (χ1v) is 5.67. The molecule has 0 aliphatic heterocycles. The van der Waals surface area contributed by atoms with E-state index in [2.05, 4.69) is 5.32 Å². The maximum Gasteiger partial charge on any atom is 0.251 e. The third kappa shape index (κ3) is 3.66. The molecular formula is C13H19NO2. The van der Waals surface area contributed by atoms with Gasteiger partial charge in [0.15, 0.2) is 0 Å². The summed E-state index contributed by atoms with van der Waals surface area (Å²) in [5, 5.41) is 12.2. The second-order valence-corrected chi connectivity index (χ2v) is 3.92. The fourth-order valence-electron chi connectivity index (χ4n) is 1.48. The monoisotopic (exact) mass is 221 g/mol. The Labute approximate surface area is 96.5 Å². The molecule has 0 saturated heterocycles. The van der Waals surface area contributed by atoms with Crippen molar-refractivity contribution in [3.05, 3.63) is 35.4 Å². The molecule has 1 aromatic carbocycles. The number of aliphatic hydroxyl groups excluding tert-OH is 1. The Bertz CT molecular complexity index is 350. The fraction of sp³-hybridized carbons (Fsp3) is 0.462. The van der Waals surface area contributed by atoms with Crippen molar-refractivity contribution in [1.29, 1.82) is 0 Å². The molecule has 0 radical (unpaired) electrons. The first kappa shape index (κ1) is 12.7. The number of rotatable bonds is 5. The van der Waals surface area contributed by atoms with Crippen molar-refractivity contribution in [3.63, 3.8) is 0 Å². The quantitative estimate of drug-likeness (QED) is 0.797. The van der Waals surface area contributed by atoms with E-state index in [4.69, 9.17) is 0 Å². The van der Waals surface area contributed by atoms with Crippen molar-refractivity contribution >= 4 is 5.91 Å². The number of nitrogens with one attached hydrogen (secondary N) is 1. The Kier molecular flexibility index (Phi) is 4.99. The molecule has 1 atom stereocenters. The summed E-state index contributed by atoms with van der Waals surface area (Å²) in [6, 6.07) is 7.48. The zero-order valence-corrected chi connectivity index (χ0v) is 9.86. The molecule has 0 heterocycles. The third-order valence-corrected chi connectivity index (χ3v) is 2.62. The van der Waals surface area contributed by atoms with E-state index >= 15 is 0 Å². The van der Waals surface area contributed by atoms with Crippen LogP contribution in [0.15, 0.2) is 24.3 Å². The number of aliphatic hydroxyl groups is 1. The summed E-state index contributed by atoms with van der Waals surface area (Å²) < 4.78 is 0. The average Bonchev–Trinajstić information content (AvgIpc) is 2.29. The Morgan fingerprint density at radius 3 is 2.75 bits per heavy atom. The third-order valence-electron chi connectivity index (χ3n) is 2.62. The van der Waals surface area contributed by atoms with E-state index in [-0.39, 0.29) is 12.0 Å². The van der Waals surface area contributed by atoms with E-state index in [1.54, 1.807) is 6.07 Å². The minimum absolute atomic E-state index is 0.0681. The molecule has 0 spiro atoms. The predicted octanol–water partition coefficient (Wildman–Crippen LogP) is 1.89. The van der Waals surface area contributed by atoms with Crippen molar-refractivity contribution in [2.24, 2.45) is 0 Å². The lowest BCUT2D eigenvalue weighted by Crippen LogP contribution is -2.27. The highest BCUT2D eigenvalue weighted by molar-refractivity contribution is 5.95. The molecular weight excluding hydrogens is 202 g/mol. The number of aryl methyl sites for hydroxylation is 1. The van der Waals surface area contributed by atoms with Crippen LogP contribution < -0.4 is 5.32 Å². The van der Waals surface area contributed by atoms with Gasteiger partial charge < -0.3 is 10.4 Å². The predicted molar refractivity (Wildman–Crippen MR) is 64.4 cm³/mol. The van der Waals surface area contributed by atoms with Crippen LogP contribution in [0.3, 0.4) is 0 Å². The lowest BCUT2D eigenvalue weighted by molar-refractivity contribution is 0.0941. The van der Waals surface area contributed by atoms with Gasteiger partial charge in [0.05, 0.1) is 6.10 Å². The van der Waals surface area contributed by atoms with E-state index < -0.39 is 0 Å². The van der Waals surface area contributed by atoms with E-state index in [9.17, 15) is 9.90 Å². The molecule has 0 bridgehead atoms. The highest BCUT2D eigenvalue weighted by atomic mass is 16.3. The van der Waals surface area contributed by atoms with Gasteiger partial charge in [0.25, 0.3) is 5.91 Å². The van der Waals surface area contributed by atoms with Gasteiger partial charge in [0, 0.05) is 12.1 Å². The van der Waals surface area contributed by atoms with Crippen LogP contribution in [0.4, 0.5) is 0 Å². The van der Waals surface area contributed by atoms with Crippen LogP contribution >= 0.6 is 0 Å². The van der Waals surface area contributed by atoms with Crippen molar-refractivity contribution in [1.82, 2.24) is 5.32 Å². The van der Waals surface area contributed by atoms with E-state index in [0.29, 0.717) is 18.5 Å². The molecule has 3 heteroatoms. The van der Waals surface area contributed by atoms with Gasteiger partial charge in [-0.05, 0) is 31.4 Å². The number of hydrogen-bond donors (Lipinski definition) is 2. The summed E-state index contributed by atoms with van der Waals surface area (Å²) in [7, 11) is 0. The van der Waals surface area contributed by atoms with Crippen LogP contribution in [0.5, 0.6) is 0 Å². The molecule has 1 unspecified atom stereocenters. The summed E-state index contributed by atoms with van der Waals surface area (Å²) in [6.45, 7) is 4.35. The maximum absolute atomic E-state index is 11.7. The first-order valence-electron chi connectivity index (χ1n) is 5.67. The largest absolute Gasteiger partial charge is 0.393 e. The van der Waals surface area contributed by atoms with Crippen LogP contribution in [0, 0.1) is 6.92 Å². The summed E-state index contributed by atoms with van der Waals surface area (Å²) in [4.78, 5) is 11.7. The summed E-state index contributed by atoms with van der Waals surface area (Å²) in [6.07, 6.45) is 1.01. The average molecular weight is 221 g/mol. The highest BCUT2D eigenvalue weighted by Gasteiger charge is 2.08. The maximum atomic E-state index is 11.7. The smallest absolute Gasteiger partial charge is 0.251 e. The number of hydrogen-bond acceptors (Lipinski definition) is 2. The van der Waals surface area contributed by atoms with Gasteiger partial charge in [0.2, 0.25) is 0 Å². The zero-order chi connectivity index (χ0) is 12.0. The van der Waals surface area contributed by atoms with Crippen LogP contribution in [-0.2, 0) is 0 Å². The van der Waals surface area contributed by atoms with Crippen LogP contribution in [0.25, 0.3) is 0 Å². The molecule has 1 amide bonds. The Morgan fingerprint density at radius 2 is 2.12 bits per heavy atom. The molecule has 88 valence electrons. The fourth-order valence-corrected chi connectivity index (χ4v) is 1.48. The van der Waals surface area contributed by atoms with Gasteiger partial charge in [0.1, 0.15) is 0 Å². The molecule has 1 aromatic rings. The van der Waals surface area contributed by atoms with Gasteiger partial charge in [-0.2, -0.15) is 0 Å². The molecule has 3 nitrogen and oxygen atoms in total.